The Balaban J connectivity index is 1.77. The van der Waals surface area contributed by atoms with Crippen LogP contribution in [0.25, 0.3) is 0 Å². The number of piperazine rings is 1. The number of aromatic nitrogens is 1. The second-order valence-electron chi connectivity index (χ2n) is 4.38. The molecule has 1 aromatic heterocycles. The third-order valence-corrected chi connectivity index (χ3v) is 2.83. The number of hydrogen-bond acceptors (Lipinski definition) is 4. The lowest BCUT2D eigenvalue weighted by Gasteiger charge is -2.31. The molecular weight excluding hydrogens is 200 g/mol. The van der Waals surface area contributed by atoms with Gasteiger partial charge >= 0.3 is 0 Å². The highest BCUT2D eigenvalue weighted by Crippen LogP contribution is 2.02. The Labute approximate surface area is 97.3 Å². The first-order valence-corrected chi connectivity index (χ1v) is 5.85. The maximum Gasteiger partial charge on any atom is 0.0507 e. The zero-order valence-corrected chi connectivity index (χ0v) is 9.89. The van der Waals surface area contributed by atoms with Gasteiger partial charge in [-0.25, -0.2) is 0 Å². The zero-order chi connectivity index (χ0) is 11.2. The lowest BCUT2D eigenvalue weighted by atomic mass is 10.3. The van der Waals surface area contributed by atoms with Gasteiger partial charge in [0.05, 0.1) is 6.67 Å². The van der Waals surface area contributed by atoms with Gasteiger partial charge in [-0.2, -0.15) is 0 Å². The van der Waals surface area contributed by atoms with Crippen LogP contribution in [0, 0.1) is 0 Å². The molecule has 0 atom stereocenters. The van der Waals surface area contributed by atoms with E-state index in [2.05, 4.69) is 33.2 Å². The second kappa shape index (κ2) is 5.94. The van der Waals surface area contributed by atoms with Crippen LogP contribution in [0.4, 0.5) is 0 Å². The van der Waals surface area contributed by atoms with Crippen molar-refractivity contribution in [3.8, 4) is 0 Å². The summed E-state index contributed by atoms with van der Waals surface area (Å²) in [5.74, 6) is 0. The monoisotopic (exact) mass is 220 g/mol. The number of hydrogen-bond donors (Lipinski definition) is 1. The minimum absolute atomic E-state index is 0.970. The molecule has 0 amide bonds. The van der Waals surface area contributed by atoms with E-state index in [1.165, 1.54) is 5.56 Å². The molecule has 0 spiro atoms. The molecule has 1 fully saturated rings. The van der Waals surface area contributed by atoms with Crippen LogP contribution < -0.4 is 5.32 Å². The molecule has 0 saturated carbocycles. The van der Waals surface area contributed by atoms with E-state index >= 15 is 0 Å². The van der Waals surface area contributed by atoms with Crippen LogP contribution >= 0.6 is 0 Å². The largest absolute Gasteiger partial charge is 0.314 e. The third kappa shape index (κ3) is 3.56. The normalized spacial score (nSPS) is 17.9. The Kier molecular flexibility index (Phi) is 4.27. The molecule has 2 rings (SSSR count). The predicted octanol–water partition coefficient (Wildman–Crippen LogP) is 0.376. The molecule has 4 heteroatoms. The van der Waals surface area contributed by atoms with Crippen LogP contribution in [0.15, 0.2) is 24.5 Å². The Morgan fingerprint density at radius 1 is 1.44 bits per heavy atom. The molecule has 1 aliphatic rings. The summed E-state index contributed by atoms with van der Waals surface area (Å²) in [7, 11) is 2.16. The number of pyridine rings is 1. The maximum absolute atomic E-state index is 4.13. The van der Waals surface area contributed by atoms with Crippen LogP contribution in [-0.4, -0.2) is 54.7 Å². The molecule has 1 N–H and O–H groups in total. The van der Waals surface area contributed by atoms with Crippen molar-refractivity contribution >= 4 is 0 Å². The van der Waals surface area contributed by atoms with Gasteiger partial charge in [0.15, 0.2) is 0 Å². The fourth-order valence-corrected chi connectivity index (χ4v) is 2.05. The highest BCUT2D eigenvalue weighted by Gasteiger charge is 2.11. The molecule has 0 radical (unpaired) electrons. The molecule has 0 aliphatic carbocycles. The lowest BCUT2D eigenvalue weighted by molar-refractivity contribution is 0.135. The molecule has 16 heavy (non-hydrogen) atoms. The smallest absolute Gasteiger partial charge is 0.0507 e. The maximum atomic E-state index is 4.13. The molecule has 1 aromatic rings. The van der Waals surface area contributed by atoms with Crippen molar-refractivity contribution in [3.63, 3.8) is 0 Å². The van der Waals surface area contributed by atoms with Gasteiger partial charge in [0.2, 0.25) is 0 Å². The first-order valence-electron chi connectivity index (χ1n) is 5.85. The first-order chi connectivity index (χ1) is 7.84. The van der Waals surface area contributed by atoms with Gasteiger partial charge in [0.25, 0.3) is 0 Å². The van der Waals surface area contributed by atoms with Crippen LogP contribution in [0.2, 0.25) is 0 Å². The summed E-state index contributed by atoms with van der Waals surface area (Å²) in [4.78, 5) is 8.95. The summed E-state index contributed by atoms with van der Waals surface area (Å²) in [5.41, 5.74) is 1.28. The Hall–Kier alpha value is -0.970. The predicted molar refractivity (Wildman–Crippen MR) is 65.0 cm³/mol. The van der Waals surface area contributed by atoms with E-state index in [4.69, 9.17) is 0 Å². The van der Waals surface area contributed by atoms with Crippen LogP contribution in [0.1, 0.15) is 5.56 Å². The number of nitrogens with one attached hydrogen (secondary N) is 1. The SMILES string of the molecule is CN(Cc1cccnc1)CN1CCNCC1. The van der Waals surface area contributed by atoms with Crippen LogP contribution in [-0.2, 0) is 6.54 Å². The molecule has 88 valence electrons. The van der Waals surface area contributed by atoms with Gasteiger partial charge in [-0.05, 0) is 18.7 Å². The minimum atomic E-state index is 0.970. The van der Waals surface area contributed by atoms with Crippen LogP contribution in [0.5, 0.6) is 0 Å². The average molecular weight is 220 g/mol. The molecule has 1 aliphatic heterocycles. The number of nitrogens with zero attached hydrogens (tertiary/aromatic N) is 3. The molecule has 0 bridgehead atoms. The minimum Gasteiger partial charge on any atom is -0.314 e. The summed E-state index contributed by atoms with van der Waals surface area (Å²) >= 11 is 0. The Morgan fingerprint density at radius 2 is 2.25 bits per heavy atom. The van der Waals surface area contributed by atoms with E-state index in [1.54, 1.807) is 0 Å². The molecule has 2 heterocycles. The Morgan fingerprint density at radius 3 is 2.94 bits per heavy atom. The standard InChI is InChI=1S/C12H20N4/c1-15(10-12-3-2-4-14-9-12)11-16-7-5-13-6-8-16/h2-4,9,13H,5-8,10-11H2,1H3. The summed E-state index contributed by atoms with van der Waals surface area (Å²) in [6, 6.07) is 4.12. The van der Waals surface area contributed by atoms with E-state index in [9.17, 15) is 0 Å². The molecule has 1 saturated heterocycles. The summed E-state index contributed by atoms with van der Waals surface area (Å²) in [6.45, 7) is 6.53. The van der Waals surface area contributed by atoms with Gasteiger partial charge in [0, 0.05) is 45.1 Å². The van der Waals surface area contributed by atoms with Gasteiger partial charge in [-0.3, -0.25) is 14.8 Å². The quantitative estimate of drug-likeness (QED) is 0.795. The topological polar surface area (TPSA) is 31.4 Å². The molecule has 0 unspecified atom stereocenters. The van der Waals surface area contributed by atoms with Crippen LogP contribution in [0.3, 0.4) is 0 Å². The van der Waals surface area contributed by atoms with Crippen molar-refractivity contribution in [1.29, 1.82) is 0 Å². The van der Waals surface area contributed by atoms with E-state index in [1.807, 2.05) is 18.5 Å². The van der Waals surface area contributed by atoms with Gasteiger partial charge < -0.3 is 5.32 Å². The third-order valence-electron chi connectivity index (χ3n) is 2.83. The number of rotatable bonds is 4. The van der Waals surface area contributed by atoms with Crippen molar-refractivity contribution in [3.05, 3.63) is 30.1 Å². The average Bonchev–Trinajstić information content (AvgIpc) is 2.31. The van der Waals surface area contributed by atoms with Gasteiger partial charge in [-0.15, -0.1) is 0 Å². The fraction of sp³-hybridized carbons (Fsp3) is 0.583. The van der Waals surface area contributed by atoms with Gasteiger partial charge in [-0.1, -0.05) is 6.07 Å². The van der Waals surface area contributed by atoms with Crippen molar-refractivity contribution in [2.45, 2.75) is 6.54 Å². The van der Waals surface area contributed by atoms with Crippen molar-refractivity contribution in [2.75, 3.05) is 39.9 Å². The van der Waals surface area contributed by atoms with Gasteiger partial charge in [0.1, 0.15) is 0 Å². The highest BCUT2D eigenvalue weighted by molar-refractivity contribution is 5.07. The van der Waals surface area contributed by atoms with E-state index in [0.717, 1.165) is 39.4 Å². The second-order valence-corrected chi connectivity index (χ2v) is 4.38. The van der Waals surface area contributed by atoms with E-state index < -0.39 is 0 Å². The highest BCUT2D eigenvalue weighted by atomic mass is 15.3. The summed E-state index contributed by atoms with van der Waals surface area (Å²) < 4.78 is 0. The van der Waals surface area contributed by atoms with E-state index in [-0.39, 0.29) is 0 Å². The van der Waals surface area contributed by atoms with Crippen molar-refractivity contribution in [1.82, 2.24) is 20.1 Å². The van der Waals surface area contributed by atoms with Crippen molar-refractivity contribution < 1.29 is 0 Å². The first kappa shape index (κ1) is 11.5. The molecular formula is C12H20N4. The summed E-state index contributed by atoms with van der Waals surface area (Å²) in [6.07, 6.45) is 3.76. The van der Waals surface area contributed by atoms with Crippen molar-refractivity contribution in [2.24, 2.45) is 0 Å². The molecule has 4 nitrogen and oxygen atoms in total. The zero-order valence-electron chi connectivity index (χ0n) is 9.89. The lowest BCUT2D eigenvalue weighted by Crippen LogP contribution is -2.47. The fourth-order valence-electron chi connectivity index (χ4n) is 2.05. The molecule has 0 aromatic carbocycles. The Bertz CT molecular complexity index is 295. The summed E-state index contributed by atoms with van der Waals surface area (Å²) in [5, 5.41) is 3.37. The van der Waals surface area contributed by atoms with E-state index in [0.29, 0.717) is 0 Å².